The number of rotatable bonds is 7. The number of amides is 2. The van der Waals surface area contributed by atoms with E-state index < -0.39 is 21.9 Å². The van der Waals surface area contributed by atoms with Crippen molar-refractivity contribution in [2.75, 3.05) is 35.2 Å². The van der Waals surface area contributed by atoms with Crippen LogP contribution in [0.25, 0.3) is 5.69 Å². The van der Waals surface area contributed by atoms with Gasteiger partial charge in [-0.15, -0.1) is 0 Å². The number of nitrogens with one attached hydrogen (secondary N) is 3. The van der Waals surface area contributed by atoms with E-state index in [9.17, 15) is 13.2 Å². The molecule has 1 aliphatic heterocycles. The standard InChI is InChI=1S/C30H34FN7O4S/c1-30(2,3)26-17-28(38(35-26)21-7-6-19-11-13-37(4)18-20(19)14-21)34-29(39)33-25-9-8-22(15-24(25)31)42-23-10-12-32-27(16-23)36-43(5,40)41/h6-10,12,14-17H,11,13,18H2,1-5H3,(H,32,36)(H2,33,34,39). The Labute approximate surface area is 250 Å². The van der Waals surface area contributed by atoms with E-state index in [1.54, 1.807) is 4.68 Å². The molecule has 0 bridgehead atoms. The molecule has 0 saturated carbocycles. The molecule has 3 heterocycles. The van der Waals surface area contributed by atoms with Crippen molar-refractivity contribution in [1.29, 1.82) is 0 Å². The zero-order valence-corrected chi connectivity index (χ0v) is 25.4. The highest BCUT2D eigenvalue weighted by Crippen LogP contribution is 2.30. The molecule has 0 fully saturated rings. The van der Waals surface area contributed by atoms with Crippen molar-refractivity contribution in [3.8, 4) is 17.2 Å². The number of fused-ring (bicyclic) bond motifs is 1. The van der Waals surface area contributed by atoms with Gasteiger partial charge in [0.1, 0.15) is 29.0 Å². The molecule has 11 nitrogen and oxygen atoms in total. The van der Waals surface area contributed by atoms with E-state index in [1.165, 1.54) is 41.6 Å². The largest absolute Gasteiger partial charge is 0.457 e. The first kappa shape index (κ1) is 30.0. The molecule has 0 atom stereocenters. The number of carbonyl (C=O) groups is 1. The third-order valence-corrected chi connectivity index (χ3v) is 7.38. The Hall–Kier alpha value is -4.49. The lowest BCUT2D eigenvalue weighted by molar-refractivity contribution is 0.262. The van der Waals surface area contributed by atoms with Crippen LogP contribution in [0.5, 0.6) is 11.5 Å². The van der Waals surface area contributed by atoms with Crippen molar-refractivity contribution in [3.05, 3.63) is 83.4 Å². The number of halogens is 1. The molecule has 4 aromatic rings. The fourth-order valence-corrected chi connectivity index (χ4v) is 5.13. The summed E-state index contributed by atoms with van der Waals surface area (Å²) in [5.74, 6) is 0.177. The summed E-state index contributed by atoms with van der Waals surface area (Å²) >= 11 is 0. The Bertz CT molecular complexity index is 1780. The molecular formula is C30H34FN7O4S. The van der Waals surface area contributed by atoms with Crippen LogP contribution in [0.4, 0.5) is 26.5 Å². The molecule has 5 rings (SSSR count). The summed E-state index contributed by atoms with van der Waals surface area (Å²) in [5.41, 5.74) is 3.79. The van der Waals surface area contributed by atoms with Gasteiger partial charge in [-0.05, 0) is 54.9 Å². The Kier molecular flexibility index (Phi) is 8.12. The lowest BCUT2D eigenvalue weighted by atomic mass is 9.92. The van der Waals surface area contributed by atoms with Gasteiger partial charge in [0.25, 0.3) is 0 Å². The third-order valence-electron chi connectivity index (χ3n) is 6.80. The van der Waals surface area contributed by atoms with Crippen LogP contribution < -0.4 is 20.1 Å². The molecule has 0 aliphatic carbocycles. The van der Waals surface area contributed by atoms with Crippen LogP contribution in [0.1, 0.15) is 37.6 Å². The molecule has 0 spiro atoms. The van der Waals surface area contributed by atoms with Gasteiger partial charge >= 0.3 is 6.03 Å². The van der Waals surface area contributed by atoms with Crippen LogP contribution in [0.15, 0.2) is 60.8 Å². The second-order valence-corrected chi connectivity index (χ2v) is 13.3. The number of likely N-dealkylation sites (N-methyl/N-ethyl adjacent to an activating group) is 1. The van der Waals surface area contributed by atoms with Gasteiger partial charge in [-0.25, -0.2) is 27.3 Å². The van der Waals surface area contributed by atoms with Gasteiger partial charge in [-0.1, -0.05) is 26.8 Å². The molecule has 2 aromatic heterocycles. The van der Waals surface area contributed by atoms with Crippen molar-refractivity contribution in [2.24, 2.45) is 0 Å². The molecule has 43 heavy (non-hydrogen) atoms. The van der Waals surface area contributed by atoms with Gasteiger partial charge in [-0.3, -0.25) is 10.0 Å². The maximum Gasteiger partial charge on any atom is 0.324 e. The number of nitrogens with zero attached hydrogens (tertiary/aromatic N) is 4. The molecular weight excluding hydrogens is 573 g/mol. The third kappa shape index (κ3) is 7.48. The van der Waals surface area contributed by atoms with Crippen molar-refractivity contribution < 1.29 is 22.3 Å². The molecule has 2 amide bonds. The normalized spacial score (nSPS) is 13.7. The first-order chi connectivity index (χ1) is 20.2. The highest BCUT2D eigenvalue weighted by molar-refractivity contribution is 7.92. The van der Waals surface area contributed by atoms with Crippen LogP contribution >= 0.6 is 0 Å². The fraction of sp³-hybridized carbons (Fsp3) is 0.300. The van der Waals surface area contributed by atoms with Gasteiger partial charge in [0.2, 0.25) is 10.0 Å². The molecule has 226 valence electrons. The summed E-state index contributed by atoms with van der Waals surface area (Å²) < 4.78 is 47.5. The van der Waals surface area contributed by atoms with E-state index in [-0.39, 0.29) is 28.4 Å². The molecule has 2 aromatic carbocycles. The molecule has 3 N–H and O–H groups in total. The van der Waals surface area contributed by atoms with Gasteiger partial charge in [0.05, 0.1) is 23.3 Å². The minimum absolute atomic E-state index is 0.0575. The van der Waals surface area contributed by atoms with E-state index in [0.29, 0.717) is 5.82 Å². The average molecular weight is 608 g/mol. The number of carbonyl (C=O) groups excluding carboxylic acids is 1. The monoisotopic (exact) mass is 607 g/mol. The Balaban J connectivity index is 1.32. The summed E-state index contributed by atoms with van der Waals surface area (Å²) in [5, 5.41) is 10.2. The minimum atomic E-state index is -3.53. The predicted molar refractivity (Wildman–Crippen MR) is 164 cm³/mol. The highest BCUT2D eigenvalue weighted by Gasteiger charge is 2.23. The zero-order valence-electron chi connectivity index (χ0n) is 24.6. The number of hydrogen-bond donors (Lipinski definition) is 3. The number of sulfonamides is 1. The van der Waals surface area contributed by atoms with Crippen LogP contribution in [-0.4, -0.2) is 54.0 Å². The van der Waals surface area contributed by atoms with Crippen LogP contribution in [0.2, 0.25) is 0 Å². The maximum atomic E-state index is 15.0. The van der Waals surface area contributed by atoms with Gasteiger partial charge in [0, 0.05) is 42.9 Å². The summed E-state index contributed by atoms with van der Waals surface area (Å²) in [6.07, 6.45) is 3.34. The van der Waals surface area contributed by atoms with Gasteiger partial charge in [0.15, 0.2) is 0 Å². The second kappa shape index (κ2) is 11.7. The van der Waals surface area contributed by atoms with Crippen molar-refractivity contribution in [3.63, 3.8) is 0 Å². The first-order valence-corrected chi connectivity index (χ1v) is 15.5. The smallest absolute Gasteiger partial charge is 0.324 e. The first-order valence-electron chi connectivity index (χ1n) is 13.6. The van der Waals surface area contributed by atoms with E-state index >= 15 is 4.39 Å². The molecule has 13 heteroatoms. The summed E-state index contributed by atoms with van der Waals surface area (Å²) in [7, 11) is -1.44. The number of ether oxygens (including phenoxy) is 1. The number of anilines is 3. The molecule has 0 saturated heterocycles. The number of pyridine rings is 1. The topological polar surface area (TPSA) is 130 Å². The molecule has 1 aliphatic rings. The van der Waals surface area contributed by atoms with E-state index in [1.807, 2.05) is 32.9 Å². The maximum absolute atomic E-state index is 15.0. The van der Waals surface area contributed by atoms with E-state index in [2.05, 4.69) is 44.4 Å². The van der Waals surface area contributed by atoms with E-state index in [0.717, 1.165) is 43.2 Å². The highest BCUT2D eigenvalue weighted by atomic mass is 32.2. The Morgan fingerprint density at radius 3 is 2.49 bits per heavy atom. The van der Waals surface area contributed by atoms with Crippen LogP contribution in [0, 0.1) is 5.82 Å². The Morgan fingerprint density at radius 1 is 1.00 bits per heavy atom. The number of aromatic nitrogens is 3. The zero-order chi connectivity index (χ0) is 30.9. The summed E-state index contributed by atoms with van der Waals surface area (Å²) in [6.45, 7) is 7.96. The van der Waals surface area contributed by atoms with Gasteiger partial charge in [-0.2, -0.15) is 5.10 Å². The second-order valence-electron chi connectivity index (χ2n) is 11.6. The van der Waals surface area contributed by atoms with Crippen molar-refractivity contribution in [1.82, 2.24) is 19.7 Å². The molecule has 0 radical (unpaired) electrons. The number of urea groups is 1. The summed E-state index contributed by atoms with van der Waals surface area (Å²) in [4.78, 5) is 19.2. The quantitative estimate of drug-likeness (QED) is 0.253. The Morgan fingerprint density at radius 2 is 1.77 bits per heavy atom. The van der Waals surface area contributed by atoms with Crippen LogP contribution in [-0.2, 0) is 28.4 Å². The lowest BCUT2D eigenvalue weighted by Gasteiger charge is -2.25. The van der Waals surface area contributed by atoms with Crippen LogP contribution in [0.3, 0.4) is 0 Å². The number of hydrogen-bond acceptors (Lipinski definition) is 7. The van der Waals surface area contributed by atoms with E-state index in [4.69, 9.17) is 9.84 Å². The minimum Gasteiger partial charge on any atom is -0.457 e. The van der Waals surface area contributed by atoms with Crippen molar-refractivity contribution in [2.45, 2.75) is 39.2 Å². The number of benzene rings is 2. The summed E-state index contributed by atoms with van der Waals surface area (Å²) in [6, 6.07) is 14.2. The van der Waals surface area contributed by atoms with Crippen molar-refractivity contribution >= 4 is 33.4 Å². The fourth-order valence-electron chi connectivity index (χ4n) is 4.64. The predicted octanol–water partition coefficient (Wildman–Crippen LogP) is 5.50. The average Bonchev–Trinajstić information content (AvgIpc) is 3.33. The lowest BCUT2D eigenvalue weighted by Crippen LogP contribution is -2.26. The SMILES string of the molecule is CN1CCc2ccc(-n3nc(C(C)(C)C)cc3NC(=O)Nc3ccc(Oc4ccnc(NS(C)(=O)=O)c4)cc3F)cc2C1. The molecule has 0 unspecified atom stereocenters. The van der Waals surface area contributed by atoms with Gasteiger partial charge < -0.3 is 15.0 Å².